The second kappa shape index (κ2) is 8.58. The van der Waals surface area contributed by atoms with Crippen LogP contribution in [0.15, 0.2) is 35.1 Å². The van der Waals surface area contributed by atoms with E-state index in [4.69, 9.17) is 0 Å². The van der Waals surface area contributed by atoms with E-state index in [-0.39, 0.29) is 18.0 Å². The number of nitrogens with zero attached hydrogens (tertiary/aromatic N) is 4. The second-order valence-electron chi connectivity index (χ2n) is 7.21. The molecule has 0 aliphatic heterocycles. The molecule has 3 aromatic rings. The number of aryl methyl sites for hydroxylation is 3. The van der Waals surface area contributed by atoms with Crippen molar-refractivity contribution in [1.82, 2.24) is 19.7 Å². The van der Waals surface area contributed by atoms with Gasteiger partial charge in [-0.3, -0.25) is 14.4 Å². The molecule has 156 valence electrons. The molecular weight excluding hydrogens is 402 g/mol. The molecule has 3 rings (SSSR count). The number of hydrogen-bond acceptors (Lipinski definition) is 6. The zero-order chi connectivity index (χ0) is 22.0. The SMILES string of the molecule is Cc1ccc(C)c(-c2ccc(=O)n(CC(=O)Nc3nc(C)c(C(=O)N(C)C)s3)n2)c1. The van der Waals surface area contributed by atoms with Crippen molar-refractivity contribution < 1.29 is 9.59 Å². The zero-order valence-electron chi connectivity index (χ0n) is 17.5. The largest absolute Gasteiger partial charge is 0.344 e. The number of rotatable bonds is 5. The lowest BCUT2D eigenvalue weighted by molar-refractivity contribution is -0.117. The minimum atomic E-state index is -0.444. The highest BCUT2D eigenvalue weighted by Gasteiger charge is 2.18. The molecule has 0 unspecified atom stereocenters. The molecule has 0 fully saturated rings. The number of carbonyl (C=O) groups excluding carboxylic acids is 2. The maximum atomic E-state index is 12.5. The molecule has 2 heterocycles. The lowest BCUT2D eigenvalue weighted by Gasteiger charge is -2.09. The van der Waals surface area contributed by atoms with Gasteiger partial charge in [0.1, 0.15) is 11.4 Å². The summed E-state index contributed by atoms with van der Waals surface area (Å²) in [5, 5.41) is 7.32. The van der Waals surface area contributed by atoms with Crippen LogP contribution in [0.5, 0.6) is 0 Å². The molecule has 1 N–H and O–H groups in total. The highest BCUT2D eigenvalue weighted by Crippen LogP contribution is 2.24. The molecule has 1 aromatic carbocycles. The fourth-order valence-electron chi connectivity index (χ4n) is 2.86. The van der Waals surface area contributed by atoms with Crippen LogP contribution in [0.25, 0.3) is 11.3 Å². The first kappa shape index (κ1) is 21.4. The maximum Gasteiger partial charge on any atom is 0.267 e. The molecule has 2 amide bonds. The number of benzene rings is 1. The van der Waals surface area contributed by atoms with Gasteiger partial charge in [0.05, 0.1) is 11.4 Å². The van der Waals surface area contributed by atoms with Crippen LogP contribution in [0.2, 0.25) is 0 Å². The van der Waals surface area contributed by atoms with Crippen molar-refractivity contribution in [2.75, 3.05) is 19.4 Å². The van der Waals surface area contributed by atoms with E-state index in [1.165, 1.54) is 11.0 Å². The van der Waals surface area contributed by atoms with Crippen LogP contribution in [0, 0.1) is 20.8 Å². The topological polar surface area (TPSA) is 97.2 Å². The monoisotopic (exact) mass is 425 g/mol. The number of thiazole rings is 1. The summed E-state index contributed by atoms with van der Waals surface area (Å²) in [5.74, 6) is -0.620. The predicted octanol–water partition coefficient (Wildman–Crippen LogP) is 2.63. The van der Waals surface area contributed by atoms with Gasteiger partial charge in [-0.25, -0.2) is 9.67 Å². The van der Waals surface area contributed by atoms with E-state index in [1.54, 1.807) is 27.1 Å². The number of anilines is 1. The summed E-state index contributed by atoms with van der Waals surface area (Å²) in [4.78, 5) is 43.0. The molecule has 0 saturated carbocycles. The smallest absolute Gasteiger partial charge is 0.267 e. The Balaban J connectivity index is 1.81. The fourth-order valence-corrected chi connectivity index (χ4v) is 3.87. The average Bonchev–Trinajstić information content (AvgIpc) is 3.04. The number of aromatic nitrogens is 3. The van der Waals surface area contributed by atoms with Crippen LogP contribution >= 0.6 is 11.3 Å². The third-order valence-electron chi connectivity index (χ3n) is 4.47. The summed E-state index contributed by atoms with van der Waals surface area (Å²) < 4.78 is 1.12. The highest BCUT2D eigenvalue weighted by atomic mass is 32.1. The van der Waals surface area contributed by atoms with Crippen molar-refractivity contribution in [2.24, 2.45) is 0 Å². The Labute approximate surface area is 178 Å². The average molecular weight is 426 g/mol. The Morgan fingerprint density at radius 3 is 2.57 bits per heavy atom. The van der Waals surface area contributed by atoms with Crippen LogP contribution in [0.4, 0.5) is 5.13 Å². The molecule has 0 aliphatic rings. The van der Waals surface area contributed by atoms with Gasteiger partial charge >= 0.3 is 0 Å². The van der Waals surface area contributed by atoms with Crippen LogP contribution in [-0.2, 0) is 11.3 Å². The van der Waals surface area contributed by atoms with Crippen molar-refractivity contribution in [2.45, 2.75) is 27.3 Å². The molecule has 0 bridgehead atoms. The molecule has 9 heteroatoms. The Morgan fingerprint density at radius 1 is 1.13 bits per heavy atom. The van der Waals surface area contributed by atoms with Gasteiger partial charge in [-0.2, -0.15) is 5.10 Å². The van der Waals surface area contributed by atoms with Crippen molar-refractivity contribution in [3.63, 3.8) is 0 Å². The van der Waals surface area contributed by atoms with E-state index >= 15 is 0 Å². The van der Waals surface area contributed by atoms with Gasteiger partial charge in [-0.1, -0.05) is 29.0 Å². The number of nitrogens with one attached hydrogen (secondary N) is 1. The summed E-state index contributed by atoms with van der Waals surface area (Å²) in [6, 6.07) is 9.05. The highest BCUT2D eigenvalue weighted by molar-refractivity contribution is 7.17. The van der Waals surface area contributed by atoms with E-state index in [0.29, 0.717) is 21.4 Å². The molecule has 0 saturated heterocycles. The molecule has 0 radical (unpaired) electrons. The first-order valence-corrected chi connectivity index (χ1v) is 10.1. The van der Waals surface area contributed by atoms with Crippen molar-refractivity contribution in [3.05, 3.63) is 62.4 Å². The van der Waals surface area contributed by atoms with Gasteiger partial charge in [-0.15, -0.1) is 0 Å². The normalized spacial score (nSPS) is 10.7. The Hall–Kier alpha value is -3.33. The summed E-state index contributed by atoms with van der Waals surface area (Å²) >= 11 is 1.10. The van der Waals surface area contributed by atoms with E-state index in [0.717, 1.165) is 32.7 Å². The van der Waals surface area contributed by atoms with Gasteiger partial charge in [0.25, 0.3) is 11.5 Å². The predicted molar refractivity (Wildman–Crippen MR) is 117 cm³/mol. The van der Waals surface area contributed by atoms with Crippen LogP contribution in [0.3, 0.4) is 0 Å². The van der Waals surface area contributed by atoms with Gasteiger partial charge in [0.2, 0.25) is 5.91 Å². The Bertz CT molecular complexity index is 1180. The first-order chi connectivity index (χ1) is 14.2. The van der Waals surface area contributed by atoms with Crippen molar-refractivity contribution >= 4 is 28.3 Å². The van der Waals surface area contributed by atoms with E-state index < -0.39 is 5.91 Å². The molecular formula is C21H23N5O3S. The summed E-state index contributed by atoms with van der Waals surface area (Å²) in [7, 11) is 3.31. The minimum absolute atomic E-state index is 0.176. The number of hydrogen-bond donors (Lipinski definition) is 1. The lowest BCUT2D eigenvalue weighted by atomic mass is 10.0. The quantitative estimate of drug-likeness (QED) is 0.678. The van der Waals surface area contributed by atoms with Crippen LogP contribution in [0.1, 0.15) is 26.5 Å². The van der Waals surface area contributed by atoms with Crippen molar-refractivity contribution in [3.8, 4) is 11.3 Å². The number of amides is 2. The standard InChI is InChI=1S/C21H23N5O3S/c1-12-6-7-13(2)15(10-12)16-8-9-18(28)26(24-16)11-17(27)23-21-22-14(3)19(30-21)20(29)25(4)5/h6-10H,11H2,1-5H3,(H,22,23,27). The van der Waals surface area contributed by atoms with Gasteiger partial charge < -0.3 is 10.2 Å². The van der Waals surface area contributed by atoms with Gasteiger partial charge in [0, 0.05) is 25.7 Å². The minimum Gasteiger partial charge on any atom is -0.344 e. The van der Waals surface area contributed by atoms with Crippen LogP contribution in [-0.4, -0.2) is 45.6 Å². The molecule has 2 aromatic heterocycles. The maximum absolute atomic E-state index is 12.5. The van der Waals surface area contributed by atoms with E-state index in [1.807, 2.05) is 32.0 Å². The molecule has 0 aliphatic carbocycles. The Kier molecular flexibility index (Phi) is 6.12. The van der Waals surface area contributed by atoms with E-state index in [2.05, 4.69) is 15.4 Å². The zero-order valence-corrected chi connectivity index (χ0v) is 18.3. The summed E-state index contributed by atoms with van der Waals surface area (Å²) in [6.07, 6.45) is 0. The number of carbonyl (C=O) groups is 2. The van der Waals surface area contributed by atoms with Crippen LogP contribution < -0.4 is 10.9 Å². The first-order valence-electron chi connectivity index (χ1n) is 9.30. The van der Waals surface area contributed by atoms with Gasteiger partial charge in [0.15, 0.2) is 5.13 Å². The van der Waals surface area contributed by atoms with Gasteiger partial charge in [-0.05, 0) is 38.5 Å². The molecule has 0 atom stereocenters. The third-order valence-corrected chi connectivity index (χ3v) is 5.53. The molecule has 8 nitrogen and oxygen atoms in total. The van der Waals surface area contributed by atoms with Crippen molar-refractivity contribution in [1.29, 1.82) is 0 Å². The molecule has 30 heavy (non-hydrogen) atoms. The summed E-state index contributed by atoms with van der Waals surface area (Å²) in [5.41, 5.74) is 3.80. The Morgan fingerprint density at radius 2 is 1.87 bits per heavy atom. The lowest BCUT2D eigenvalue weighted by Crippen LogP contribution is -2.29. The third kappa shape index (κ3) is 4.62. The fraction of sp³-hybridized carbons (Fsp3) is 0.286. The second-order valence-corrected chi connectivity index (χ2v) is 8.21. The summed E-state index contributed by atoms with van der Waals surface area (Å²) in [6.45, 7) is 5.41. The van der Waals surface area contributed by atoms with E-state index in [9.17, 15) is 14.4 Å². The molecule has 0 spiro atoms.